The lowest BCUT2D eigenvalue weighted by molar-refractivity contribution is 0.286. The molecule has 2 aromatic heterocycles. The van der Waals surface area contributed by atoms with Crippen molar-refractivity contribution < 1.29 is 4.74 Å². The molecular formula is C24H29N5OS. The van der Waals surface area contributed by atoms with E-state index in [1.54, 1.807) is 7.11 Å². The van der Waals surface area contributed by atoms with E-state index in [9.17, 15) is 0 Å². The Kier molecular flexibility index (Phi) is 6.53. The number of nitrogens with one attached hydrogen (secondary N) is 1. The van der Waals surface area contributed by atoms with Crippen molar-refractivity contribution in [3.8, 4) is 11.4 Å². The van der Waals surface area contributed by atoms with Crippen molar-refractivity contribution in [3.05, 3.63) is 78.4 Å². The van der Waals surface area contributed by atoms with Gasteiger partial charge in [0.25, 0.3) is 0 Å². The molecule has 1 aliphatic heterocycles. The van der Waals surface area contributed by atoms with Gasteiger partial charge in [-0.1, -0.05) is 18.2 Å². The van der Waals surface area contributed by atoms with Gasteiger partial charge in [-0.2, -0.15) is 0 Å². The summed E-state index contributed by atoms with van der Waals surface area (Å²) in [4.78, 5) is 9.15. The van der Waals surface area contributed by atoms with Crippen molar-refractivity contribution in [1.82, 2.24) is 24.7 Å². The lowest BCUT2D eigenvalue weighted by Crippen LogP contribution is -2.33. The molecule has 0 spiro atoms. The van der Waals surface area contributed by atoms with Crippen molar-refractivity contribution in [2.45, 2.75) is 18.5 Å². The molecule has 0 saturated carbocycles. The van der Waals surface area contributed by atoms with Crippen LogP contribution in [0.5, 0.6) is 5.75 Å². The van der Waals surface area contributed by atoms with Gasteiger partial charge in [0.1, 0.15) is 5.75 Å². The smallest absolute Gasteiger partial charge is 0.170 e. The van der Waals surface area contributed by atoms with Crippen LogP contribution in [0.4, 0.5) is 0 Å². The highest BCUT2D eigenvalue weighted by Gasteiger charge is 2.41. The van der Waals surface area contributed by atoms with E-state index in [4.69, 9.17) is 17.0 Å². The number of methoxy groups -OCH3 is 1. The number of rotatable bonds is 8. The van der Waals surface area contributed by atoms with Crippen molar-refractivity contribution in [2.24, 2.45) is 0 Å². The summed E-state index contributed by atoms with van der Waals surface area (Å²) in [6.07, 6.45) is 4.95. The van der Waals surface area contributed by atoms with Gasteiger partial charge < -0.3 is 24.4 Å². The van der Waals surface area contributed by atoms with Gasteiger partial charge in [0.2, 0.25) is 0 Å². The molecule has 0 unspecified atom stereocenters. The van der Waals surface area contributed by atoms with Crippen molar-refractivity contribution in [1.29, 1.82) is 0 Å². The molecule has 4 rings (SSSR count). The Morgan fingerprint density at radius 1 is 1.10 bits per heavy atom. The molecule has 31 heavy (non-hydrogen) atoms. The SMILES string of the molecule is COc1ccccc1-n1cccc1[C@@H]1[C@@H](c2ccccn2)NC(=S)N1CCCN(C)C. The summed E-state index contributed by atoms with van der Waals surface area (Å²) in [5.41, 5.74) is 3.14. The number of ether oxygens (including phenoxy) is 1. The molecule has 1 saturated heterocycles. The average molecular weight is 436 g/mol. The minimum Gasteiger partial charge on any atom is -0.495 e. The average Bonchev–Trinajstić information content (AvgIpc) is 3.38. The van der Waals surface area contributed by atoms with E-state index in [0.29, 0.717) is 0 Å². The second-order valence-electron chi connectivity index (χ2n) is 7.95. The standard InChI is InChI=1S/C24H29N5OS/c1-27(2)15-9-17-29-23(22(26-24(29)31)18-10-6-7-14-25-18)20-12-8-16-28(20)19-11-4-5-13-21(19)30-3/h4-8,10-14,16,22-23H,9,15,17H2,1-3H3,(H,26,31)/t22-,23-/m1/s1. The van der Waals surface area contributed by atoms with Gasteiger partial charge >= 0.3 is 0 Å². The van der Waals surface area contributed by atoms with Crippen molar-refractivity contribution >= 4 is 17.3 Å². The Labute approximate surface area is 189 Å². The van der Waals surface area contributed by atoms with E-state index in [0.717, 1.165) is 47.4 Å². The van der Waals surface area contributed by atoms with E-state index in [2.05, 4.69) is 69.2 Å². The van der Waals surface area contributed by atoms with Gasteiger partial charge in [0, 0.05) is 24.6 Å². The molecule has 2 atom stereocenters. The van der Waals surface area contributed by atoms with Crippen LogP contribution in [0.15, 0.2) is 67.0 Å². The Balaban J connectivity index is 1.76. The number of aromatic nitrogens is 2. The molecule has 162 valence electrons. The van der Waals surface area contributed by atoms with Crippen molar-refractivity contribution in [3.63, 3.8) is 0 Å². The molecule has 0 aliphatic carbocycles. The van der Waals surface area contributed by atoms with Crippen LogP contribution in [0.3, 0.4) is 0 Å². The highest BCUT2D eigenvalue weighted by atomic mass is 32.1. The number of hydrogen-bond acceptors (Lipinski definition) is 4. The number of nitrogens with zero attached hydrogens (tertiary/aromatic N) is 4. The normalized spacial score (nSPS) is 18.5. The second kappa shape index (κ2) is 9.49. The summed E-state index contributed by atoms with van der Waals surface area (Å²) in [7, 11) is 5.90. The lowest BCUT2D eigenvalue weighted by atomic mass is 10.0. The molecule has 1 aromatic carbocycles. The largest absolute Gasteiger partial charge is 0.495 e. The van der Waals surface area contributed by atoms with Crippen LogP contribution in [0.2, 0.25) is 0 Å². The van der Waals surface area contributed by atoms with E-state index < -0.39 is 0 Å². The van der Waals surface area contributed by atoms with Crippen molar-refractivity contribution in [2.75, 3.05) is 34.3 Å². The maximum absolute atomic E-state index is 5.80. The summed E-state index contributed by atoms with van der Waals surface area (Å²) in [5, 5.41) is 4.31. The second-order valence-corrected chi connectivity index (χ2v) is 8.34. The molecule has 1 fully saturated rings. The van der Waals surface area contributed by atoms with Gasteiger partial charge in [-0.25, -0.2) is 0 Å². The quantitative estimate of drug-likeness (QED) is 0.543. The molecule has 0 radical (unpaired) electrons. The summed E-state index contributed by atoms with van der Waals surface area (Å²) in [6.45, 7) is 1.88. The lowest BCUT2D eigenvalue weighted by Gasteiger charge is -2.29. The van der Waals surface area contributed by atoms with Crippen LogP contribution < -0.4 is 10.1 Å². The summed E-state index contributed by atoms with van der Waals surface area (Å²) < 4.78 is 7.85. The fourth-order valence-corrected chi connectivity index (χ4v) is 4.54. The predicted octanol–water partition coefficient (Wildman–Crippen LogP) is 3.81. The third-order valence-electron chi connectivity index (χ3n) is 5.63. The first-order chi connectivity index (χ1) is 15.1. The first kappa shape index (κ1) is 21.3. The summed E-state index contributed by atoms with van der Waals surface area (Å²) >= 11 is 5.80. The molecule has 1 aliphatic rings. The van der Waals surface area contributed by atoms with Crippen LogP contribution in [0.1, 0.15) is 29.9 Å². The van der Waals surface area contributed by atoms with E-state index in [-0.39, 0.29) is 12.1 Å². The highest BCUT2D eigenvalue weighted by molar-refractivity contribution is 7.80. The third kappa shape index (κ3) is 4.43. The van der Waals surface area contributed by atoms with Crippen LogP contribution in [0.25, 0.3) is 5.69 Å². The maximum Gasteiger partial charge on any atom is 0.170 e. The monoisotopic (exact) mass is 435 g/mol. The minimum absolute atomic E-state index is 0.0180. The Bertz CT molecular complexity index is 1020. The van der Waals surface area contributed by atoms with Crippen LogP contribution in [-0.4, -0.2) is 58.8 Å². The van der Waals surface area contributed by atoms with Crippen LogP contribution >= 0.6 is 12.2 Å². The fraction of sp³-hybridized carbons (Fsp3) is 0.333. The van der Waals surface area contributed by atoms with Crippen LogP contribution in [-0.2, 0) is 0 Å². The molecule has 0 amide bonds. The highest BCUT2D eigenvalue weighted by Crippen LogP contribution is 2.40. The maximum atomic E-state index is 5.80. The topological polar surface area (TPSA) is 45.6 Å². The zero-order valence-corrected chi connectivity index (χ0v) is 19.0. The van der Waals surface area contributed by atoms with Gasteiger partial charge in [-0.05, 0) is 75.7 Å². The van der Waals surface area contributed by atoms with Gasteiger partial charge in [0.05, 0.1) is 30.6 Å². The van der Waals surface area contributed by atoms with Gasteiger partial charge in [0.15, 0.2) is 5.11 Å². The molecule has 1 N–H and O–H groups in total. The van der Waals surface area contributed by atoms with E-state index in [1.165, 1.54) is 0 Å². The Morgan fingerprint density at radius 2 is 1.90 bits per heavy atom. The zero-order chi connectivity index (χ0) is 21.8. The molecule has 0 bridgehead atoms. The first-order valence-corrected chi connectivity index (χ1v) is 10.9. The molecule has 6 nitrogen and oxygen atoms in total. The first-order valence-electron chi connectivity index (χ1n) is 10.5. The van der Waals surface area contributed by atoms with Gasteiger partial charge in [-0.15, -0.1) is 0 Å². The number of benzene rings is 1. The van der Waals surface area contributed by atoms with Crippen LogP contribution in [0, 0.1) is 0 Å². The number of hydrogen-bond donors (Lipinski definition) is 1. The Morgan fingerprint density at radius 3 is 2.65 bits per heavy atom. The molecular weight excluding hydrogens is 406 g/mol. The molecule has 3 heterocycles. The predicted molar refractivity (Wildman–Crippen MR) is 128 cm³/mol. The number of pyridine rings is 1. The number of para-hydroxylation sites is 2. The zero-order valence-electron chi connectivity index (χ0n) is 18.2. The minimum atomic E-state index is -0.0311. The summed E-state index contributed by atoms with van der Waals surface area (Å²) in [6, 6.07) is 18.4. The molecule has 7 heteroatoms. The fourth-order valence-electron chi connectivity index (χ4n) is 4.21. The van der Waals surface area contributed by atoms with E-state index >= 15 is 0 Å². The van der Waals surface area contributed by atoms with Gasteiger partial charge in [-0.3, -0.25) is 4.98 Å². The summed E-state index contributed by atoms with van der Waals surface area (Å²) in [5.74, 6) is 0.835. The Hall–Kier alpha value is -2.90. The third-order valence-corrected chi connectivity index (χ3v) is 5.98. The molecule has 3 aromatic rings. The van der Waals surface area contributed by atoms with E-state index in [1.807, 2.05) is 36.5 Å². The number of thiocarbonyl (C=S) groups is 1.